The van der Waals surface area contributed by atoms with Crippen molar-refractivity contribution in [3.05, 3.63) is 77.2 Å². The highest BCUT2D eigenvalue weighted by molar-refractivity contribution is 6.00. The molecule has 2 aromatic carbocycles. The quantitative estimate of drug-likeness (QED) is 0.586. The van der Waals surface area contributed by atoms with Crippen molar-refractivity contribution in [2.24, 2.45) is 4.99 Å². The summed E-state index contributed by atoms with van der Waals surface area (Å²) in [6.07, 6.45) is -4.93. The van der Waals surface area contributed by atoms with Gasteiger partial charge in [-0.15, -0.1) is 0 Å². The van der Waals surface area contributed by atoms with E-state index < -0.39 is 35.3 Å². The third-order valence-electron chi connectivity index (χ3n) is 4.06. The lowest BCUT2D eigenvalue weighted by molar-refractivity contribution is -0.140. The Kier molecular flexibility index (Phi) is 5.86. The lowest BCUT2D eigenvalue weighted by atomic mass is 9.95. The molecule has 2 N–H and O–H groups in total. The SMILES string of the molecule is CCOC(=O)C1=C(C(F)(F)F)NC(Nc2ccccc2)=NC1c1ccccc1F. The van der Waals surface area contributed by atoms with Crippen LogP contribution in [-0.4, -0.2) is 24.7 Å². The number of allylic oxidation sites excluding steroid dienone is 1. The molecule has 152 valence electrons. The van der Waals surface area contributed by atoms with Crippen LogP contribution in [0.1, 0.15) is 18.5 Å². The summed E-state index contributed by atoms with van der Waals surface area (Å²) in [4.78, 5) is 16.5. The number of para-hydroxylation sites is 1. The Balaban J connectivity index is 2.14. The number of nitrogens with zero attached hydrogens (tertiary/aromatic N) is 1. The van der Waals surface area contributed by atoms with E-state index in [1.54, 1.807) is 30.3 Å². The number of guanidine groups is 1. The average Bonchev–Trinajstić information content (AvgIpc) is 2.68. The molecule has 0 fully saturated rings. The summed E-state index contributed by atoms with van der Waals surface area (Å²) < 4.78 is 60.6. The molecular weight excluding hydrogens is 390 g/mol. The van der Waals surface area contributed by atoms with E-state index >= 15 is 0 Å². The molecule has 1 atom stereocenters. The Hall–Kier alpha value is -3.36. The first kappa shape index (κ1) is 20.4. The Morgan fingerprint density at radius 1 is 1.14 bits per heavy atom. The highest BCUT2D eigenvalue weighted by atomic mass is 19.4. The molecule has 0 amide bonds. The Labute approximate surface area is 164 Å². The molecule has 1 aliphatic heterocycles. The molecule has 5 nitrogen and oxygen atoms in total. The largest absolute Gasteiger partial charge is 0.463 e. The maximum Gasteiger partial charge on any atom is 0.431 e. The van der Waals surface area contributed by atoms with Crippen LogP contribution in [0.2, 0.25) is 0 Å². The molecule has 0 aliphatic carbocycles. The molecule has 2 aromatic rings. The van der Waals surface area contributed by atoms with Crippen LogP contribution in [0.25, 0.3) is 0 Å². The van der Waals surface area contributed by atoms with Crippen LogP contribution in [0.3, 0.4) is 0 Å². The fourth-order valence-corrected chi connectivity index (χ4v) is 2.84. The second kappa shape index (κ2) is 8.34. The van der Waals surface area contributed by atoms with Gasteiger partial charge < -0.3 is 15.4 Å². The summed E-state index contributed by atoms with van der Waals surface area (Å²) in [5.74, 6) is -2.28. The Morgan fingerprint density at radius 3 is 2.41 bits per heavy atom. The minimum Gasteiger partial charge on any atom is -0.463 e. The van der Waals surface area contributed by atoms with Crippen LogP contribution in [0.5, 0.6) is 0 Å². The van der Waals surface area contributed by atoms with Gasteiger partial charge in [-0.05, 0) is 25.1 Å². The zero-order valence-corrected chi connectivity index (χ0v) is 15.3. The van der Waals surface area contributed by atoms with Crippen molar-refractivity contribution in [2.75, 3.05) is 11.9 Å². The van der Waals surface area contributed by atoms with E-state index in [0.717, 1.165) is 6.07 Å². The minimum atomic E-state index is -4.93. The van der Waals surface area contributed by atoms with Crippen molar-refractivity contribution in [2.45, 2.75) is 19.1 Å². The van der Waals surface area contributed by atoms with Gasteiger partial charge in [0.25, 0.3) is 0 Å². The molecule has 0 bridgehead atoms. The van der Waals surface area contributed by atoms with E-state index in [-0.39, 0.29) is 18.1 Å². The molecule has 3 rings (SSSR count). The normalized spacial score (nSPS) is 16.7. The molecule has 29 heavy (non-hydrogen) atoms. The Morgan fingerprint density at radius 2 is 1.79 bits per heavy atom. The third-order valence-corrected chi connectivity index (χ3v) is 4.06. The standard InChI is InChI=1S/C20H17F4N3O2/c1-2-29-18(28)15-16(13-10-6-7-11-14(13)21)26-19(27-17(15)20(22,23)24)25-12-8-4-3-5-9-12/h3-11,16H,2H2,1H3,(H2,25,26,27). The molecule has 1 unspecified atom stereocenters. The first-order chi connectivity index (χ1) is 13.8. The summed E-state index contributed by atoms with van der Waals surface area (Å²) in [5, 5.41) is 4.84. The van der Waals surface area contributed by atoms with E-state index in [2.05, 4.69) is 15.6 Å². The van der Waals surface area contributed by atoms with Crippen molar-refractivity contribution in [3.63, 3.8) is 0 Å². The summed E-state index contributed by atoms with van der Waals surface area (Å²) in [7, 11) is 0. The monoisotopic (exact) mass is 407 g/mol. The predicted molar refractivity (Wildman–Crippen MR) is 99.5 cm³/mol. The van der Waals surface area contributed by atoms with Crippen LogP contribution < -0.4 is 10.6 Å². The third kappa shape index (κ3) is 4.56. The van der Waals surface area contributed by atoms with Gasteiger partial charge in [0.1, 0.15) is 17.6 Å². The molecule has 0 radical (unpaired) electrons. The number of anilines is 1. The number of hydrogen-bond donors (Lipinski definition) is 2. The second-order valence-electron chi connectivity index (χ2n) is 6.02. The maximum atomic E-state index is 14.4. The molecule has 1 heterocycles. The number of carbonyl (C=O) groups is 1. The van der Waals surface area contributed by atoms with E-state index in [0.29, 0.717) is 5.69 Å². The van der Waals surface area contributed by atoms with Crippen LogP contribution in [0.15, 0.2) is 70.9 Å². The lowest BCUT2D eigenvalue weighted by Gasteiger charge is -2.28. The summed E-state index contributed by atoms with van der Waals surface area (Å²) in [6, 6.07) is 12.0. The molecule has 1 aliphatic rings. The van der Waals surface area contributed by atoms with Gasteiger partial charge in [-0.3, -0.25) is 0 Å². The molecule has 0 saturated carbocycles. The van der Waals surface area contributed by atoms with Gasteiger partial charge in [0, 0.05) is 11.3 Å². The molecular formula is C20H17F4N3O2. The molecule has 0 spiro atoms. The predicted octanol–water partition coefficient (Wildman–Crippen LogP) is 4.32. The number of halogens is 4. The number of nitrogens with one attached hydrogen (secondary N) is 2. The van der Waals surface area contributed by atoms with Crippen LogP contribution >= 0.6 is 0 Å². The number of aliphatic imine (C=N–C) groups is 1. The van der Waals surface area contributed by atoms with Crippen LogP contribution in [-0.2, 0) is 9.53 Å². The summed E-state index contributed by atoms with van der Waals surface area (Å²) in [5.41, 5.74) is -1.86. The van der Waals surface area contributed by atoms with Crippen LogP contribution in [0, 0.1) is 5.82 Å². The van der Waals surface area contributed by atoms with Gasteiger partial charge in [-0.1, -0.05) is 36.4 Å². The first-order valence-corrected chi connectivity index (χ1v) is 8.71. The fourth-order valence-electron chi connectivity index (χ4n) is 2.84. The minimum absolute atomic E-state index is 0.143. The number of hydrogen-bond acceptors (Lipinski definition) is 5. The highest BCUT2D eigenvalue weighted by Crippen LogP contribution is 2.38. The highest BCUT2D eigenvalue weighted by Gasteiger charge is 2.45. The van der Waals surface area contributed by atoms with Gasteiger partial charge in [-0.25, -0.2) is 14.2 Å². The van der Waals surface area contributed by atoms with E-state index in [1.165, 1.54) is 25.1 Å². The van der Waals surface area contributed by atoms with Crippen molar-refractivity contribution >= 4 is 17.6 Å². The molecule has 0 aromatic heterocycles. The van der Waals surface area contributed by atoms with Gasteiger partial charge in [0.05, 0.1) is 12.2 Å². The zero-order chi connectivity index (χ0) is 21.0. The van der Waals surface area contributed by atoms with Crippen molar-refractivity contribution in [1.82, 2.24) is 5.32 Å². The lowest BCUT2D eigenvalue weighted by Crippen LogP contribution is -2.42. The summed E-state index contributed by atoms with van der Waals surface area (Å²) in [6.45, 7) is 1.32. The zero-order valence-electron chi connectivity index (χ0n) is 15.3. The number of esters is 1. The fraction of sp³-hybridized carbons (Fsp3) is 0.200. The maximum absolute atomic E-state index is 14.4. The number of ether oxygens (including phenoxy) is 1. The first-order valence-electron chi connectivity index (χ1n) is 8.71. The topological polar surface area (TPSA) is 62.7 Å². The second-order valence-corrected chi connectivity index (χ2v) is 6.02. The van der Waals surface area contributed by atoms with Crippen molar-refractivity contribution in [1.29, 1.82) is 0 Å². The number of benzene rings is 2. The van der Waals surface area contributed by atoms with Gasteiger partial charge in [-0.2, -0.15) is 13.2 Å². The smallest absolute Gasteiger partial charge is 0.431 e. The average molecular weight is 407 g/mol. The van der Waals surface area contributed by atoms with Gasteiger partial charge in [0.15, 0.2) is 0 Å². The van der Waals surface area contributed by atoms with E-state index in [1.807, 2.05) is 0 Å². The number of alkyl halides is 3. The molecule has 0 saturated heterocycles. The summed E-state index contributed by atoms with van der Waals surface area (Å²) >= 11 is 0. The van der Waals surface area contributed by atoms with Crippen LogP contribution in [0.4, 0.5) is 23.2 Å². The number of carbonyl (C=O) groups excluding carboxylic acids is 1. The van der Waals surface area contributed by atoms with E-state index in [4.69, 9.17) is 4.74 Å². The number of rotatable bonds is 4. The van der Waals surface area contributed by atoms with Gasteiger partial charge >= 0.3 is 12.1 Å². The van der Waals surface area contributed by atoms with Crippen molar-refractivity contribution in [3.8, 4) is 0 Å². The van der Waals surface area contributed by atoms with Crippen molar-refractivity contribution < 1.29 is 27.1 Å². The Bertz CT molecular complexity index is 956. The van der Waals surface area contributed by atoms with Gasteiger partial charge in [0.2, 0.25) is 5.96 Å². The molecule has 9 heteroatoms. The van der Waals surface area contributed by atoms with E-state index in [9.17, 15) is 22.4 Å².